The number of benzene rings is 1. The van der Waals surface area contributed by atoms with Crippen LogP contribution < -0.4 is 9.30 Å². The smallest absolute Gasteiger partial charge is 0.423 e. The topological polar surface area (TPSA) is 49.1 Å². The van der Waals surface area contributed by atoms with E-state index in [-0.39, 0.29) is 11.3 Å². The monoisotopic (exact) mass is 425 g/mol. The molecule has 2 heterocycles. The largest absolute Gasteiger partial charge is 0.496 e. The fourth-order valence-electron chi connectivity index (χ4n) is 3.94. The van der Waals surface area contributed by atoms with Crippen molar-refractivity contribution >= 4 is 10.9 Å². The molecular formula is C22H25F4N2O2+. The lowest BCUT2D eigenvalue weighted by Crippen LogP contribution is -2.58. The summed E-state index contributed by atoms with van der Waals surface area (Å²) in [6.45, 7) is 4.21. The molecule has 162 valence electrons. The highest BCUT2D eigenvalue weighted by Gasteiger charge is 2.59. The average Bonchev–Trinajstić information content (AvgIpc) is 2.99. The molecule has 0 fully saturated rings. The number of ether oxygens (including phenoxy) is 1. The number of pyridine rings is 1. The van der Waals surface area contributed by atoms with Crippen LogP contribution in [0.3, 0.4) is 0 Å². The van der Waals surface area contributed by atoms with Crippen LogP contribution in [-0.4, -0.2) is 29.0 Å². The molecule has 30 heavy (non-hydrogen) atoms. The standard InChI is InChI=1S/C22H24F4N2O2/c1-14-9-15-7-8-28(11-18(15)27-14)13-21(29,22(24,25)26)12-20(2,3)17-10-16(23)5-6-19(17)30-4/h5-11,29H,12-13H2,1-4H3/p+1. The summed E-state index contributed by atoms with van der Waals surface area (Å²) in [6, 6.07) is 7.27. The summed E-state index contributed by atoms with van der Waals surface area (Å²) in [7, 11) is 1.37. The van der Waals surface area contributed by atoms with E-state index in [2.05, 4.69) is 4.98 Å². The van der Waals surface area contributed by atoms with Gasteiger partial charge in [0.1, 0.15) is 17.1 Å². The molecular weight excluding hydrogens is 400 g/mol. The molecule has 0 saturated carbocycles. The van der Waals surface area contributed by atoms with Crippen LogP contribution in [0.4, 0.5) is 17.6 Å². The third-order valence-electron chi connectivity index (χ3n) is 5.35. The highest BCUT2D eigenvalue weighted by molar-refractivity contribution is 5.78. The maximum atomic E-state index is 14.0. The van der Waals surface area contributed by atoms with Crippen molar-refractivity contribution in [3.63, 3.8) is 0 Å². The Kier molecular flexibility index (Phi) is 5.58. The number of H-pyrrole nitrogens is 1. The lowest BCUT2D eigenvalue weighted by Gasteiger charge is -2.36. The van der Waals surface area contributed by atoms with E-state index in [1.165, 1.54) is 50.1 Å². The zero-order valence-electron chi connectivity index (χ0n) is 17.3. The Bertz CT molecular complexity index is 1060. The highest BCUT2D eigenvalue weighted by atomic mass is 19.4. The van der Waals surface area contributed by atoms with Crippen LogP contribution in [0, 0.1) is 12.7 Å². The second-order valence-corrected chi connectivity index (χ2v) is 8.37. The lowest BCUT2D eigenvalue weighted by atomic mass is 9.74. The number of methoxy groups -OCH3 is 1. The minimum absolute atomic E-state index is 0.258. The molecule has 3 aromatic rings. The molecule has 3 rings (SSSR count). The molecule has 2 aromatic heterocycles. The van der Waals surface area contributed by atoms with Crippen molar-refractivity contribution in [3.05, 3.63) is 59.8 Å². The fraction of sp³-hybridized carbons (Fsp3) is 0.409. The molecule has 8 heteroatoms. The van der Waals surface area contributed by atoms with E-state index >= 15 is 0 Å². The van der Waals surface area contributed by atoms with E-state index in [4.69, 9.17) is 4.74 Å². The average molecular weight is 425 g/mol. The molecule has 0 aliphatic carbocycles. The number of aromatic nitrogens is 2. The number of aromatic amines is 1. The van der Waals surface area contributed by atoms with Crippen LogP contribution in [0.2, 0.25) is 0 Å². The fourth-order valence-corrected chi connectivity index (χ4v) is 3.94. The van der Waals surface area contributed by atoms with Crippen molar-refractivity contribution in [3.8, 4) is 5.75 Å². The van der Waals surface area contributed by atoms with Gasteiger partial charge in [-0.1, -0.05) is 13.8 Å². The van der Waals surface area contributed by atoms with Crippen molar-refractivity contribution in [2.75, 3.05) is 7.11 Å². The van der Waals surface area contributed by atoms with Gasteiger partial charge in [-0.15, -0.1) is 0 Å². The minimum Gasteiger partial charge on any atom is -0.496 e. The second-order valence-electron chi connectivity index (χ2n) is 8.37. The zero-order chi connectivity index (χ0) is 22.3. The number of fused-ring (bicyclic) bond motifs is 1. The van der Waals surface area contributed by atoms with E-state index in [0.717, 1.165) is 17.1 Å². The van der Waals surface area contributed by atoms with Crippen LogP contribution in [-0.2, 0) is 12.0 Å². The summed E-state index contributed by atoms with van der Waals surface area (Å²) in [5.74, 6) is -0.321. The third kappa shape index (κ3) is 4.28. The number of hydrogen-bond donors (Lipinski definition) is 2. The van der Waals surface area contributed by atoms with Gasteiger partial charge in [-0.2, -0.15) is 17.7 Å². The Labute approximate surface area is 172 Å². The number of aliphatic hydroxyl groups is 1. The maximum Gasteiger partial charge on any atom is 0.423 e. The van der Waals surface area contributed by atoms with Crippen LogP contribution in [0.1, 0.15) is 31.5 Å². The van der Waals surface area contributed by atoms with Gasteiger partial charge in [-0.05, 0) is 36.6 Å². The number of halogens is 4. The van der Waals surface area contributed by atoms with Crippen LogP contribution in [0.5, 0.6) is 5.75 Å². The van der Waals surface area contributed by atoms with Crippen molar-refractivity contribution in [2.45, 2.75) is 50.9 Å². The third-order valence-corrected chi connectivity index (χ3v) is 5.35. The molecule has 0 radical (unpaired) electrons. The zero-order valence-corrected chi connectivity index (χ0v) is 17.3. The lowest BCUT2D eigenvalue weighted by molar-refractivity contribution is -0.715. The maximum absolute atomic E-state index is 14.0. The normalized spacial score (nSPS) is 14.7. The molecule has 0 spiro atoms. The van der Waals surface area contributed by atoms with E-state index in [1.807, 2.05) is 13.0 Å². The van der Waals surface area contributed by atoms with Crippen LogP contribution in [0.15, 0.2) is 42.7 Å². The summed E-state index contributed by atoms with van der Waals surface area (Å²) < 4.78 is 62.5. The molecule has 0 aliphatic rings. The van der Waals surface area contributed by atoms with Crippen molar-refractivity contribution < 1.29 is 32.0 Å². The molecule has 1 aromatic carbocycles. The number of nitrogens with zero attached hydrogens (tertiary/aromatic N) is 1. The Morgan fingerprint density at radius 3 is 2.47 bits per heavy atom. The van der Waals surface area contributed by atoms with E-state index in [9.17, 15) is 22.7 Å². The Hall–Kier alpha value is -2.61. The molecule has 0 aliphatic heterocycles. The highest BCUT2D eigenvalue weighted by Crippen LogP contribution is 2.43. The summed E-state index contributed by atoms with van der Waals surface area (Å²) in [5, 5.41) is 11.7. The van der Waals surface area contributed by atoms with E-state index in [1.54, 1.807) is 6.07 Å². The molecule has 1 atom stereocenters. The van der Waals surface area contributed by atoms with Gasteiger partial charge >= 0.3 is 6.18 Å². The van der Waals surface area contributed by atoms with Crippen molar-refractivity contribution in [2.24, 2.45) is 0 Å². The van der Waals surface area contributed by atoms with Gasteiger partial charge in [0.2, 0.25) is 5.60 Å². The quantitative estimate of drug-likeness (QED) is 0.449. The number of aryl methyl sites for hydroxylation is 1. The summed E-state index contributed by atoms with van der Waals surface area (Å²) in [5.41, 5.74) is -2.47. The number of hydrogen-bond acceptors (Lipinski definition) is 2. The second kappa shape index (κ2) is 7.58. The van der Waals surface area contributed by atoms with Gasteiger partial charge in [0.25, 0.3) is 0 Å². The first kappa shape index (κ1) is 22.1. The Balaban J connectivity index is 1.99. The predicted octanol–water partition coefficient (Wildman–Crippen LogP) is 4.57. The van der Waals surface area contributed by atoms with Gasteiger partial charge in [0.15, 0.2) is 18.9 Å². The Morgan fingerprint density at radius 1 is 1.13 bits per heavy atom. The summed E-state index contributed by atoms with van der Waals surface area (Å²) in [4.78, 5) is 3.08. The van der Waals surface area contributed by atoms with E-state index in [0.29, 0.717) is 5.52 Å². The number of nitrogens with one attached hydrogen (secondary N) is 1. The van der Waals surface area contributed by atoms with Crippen LogP contribution in [0.25, 0.3) is 10.9 Å². The molecule has 2 N–H and O–H groups in total. The van der Waals surface area contributed by atoms with Crippen molar-refractivity contribution in [1.82, 2.24) is 4.98 Å². The predicted molar refractivity (Wildman–Crippen MR) is 105 cm³/mol. The first-order valence-corrected chi connectivity index (χ1v) is 9.46. The summed E-state index contributed by atoms with van der Waals surface area (Å²) in [6.07, 6.45) is -2.55. The van der Waals surface area contributed by atoms with Gasteiger partial charge in [0.05, 0.1) is 7.11 Å². The minimum atomic E-state index is -4.90. The van der Waals surface area contributed by atoms with Crippen molar-refractivity contribution in [1.29, 1.82) is 0 Å². The van der Waals surface area contributed by atoms with Crippen LogP contribution >= 0.6 is 0 Å². The number of rotatable bonds is 6. The first-order chi connectivity index (χ1) is 13.8. The molecule has 0 bridgehead atoms. The molecule has 1 unspecified atom stereocenters. The summed E-state index contributed by atoms with van der Waals surface area (Å²) >= 11 is 0. The molecule has 0 saturated heterocycles. The molecule has 4 nitrogen and oxygen atoms in total. The Morgan fingerprint density at radius 2 is 1.83 bits per heavy atom. The van der Waals surface area contributed by atoms with Gasteiger partial charge < -0.3 is 14.8 Å². The first-order valence-electron chi connectivity index (χ1n) is 9.46. The number of alkyl halides is 3. The SMILES string of the molecule is COc1ccc(F)cc1C(C)(C)CC(O)(C[n+]1ccc2cc(C)[nH]c2c1)C(F)(F)F. The van der Waals surface area contributed by atoms with Gasteiger partial charge in [0, 0.05) is 29.1 Å². The molecule has 0 amide bonds. The van der Waals surface area contributed by atoms with Gasteiger partial charge in [-0.25, -0.2) is 4.39 Å². The van der Waals surface area contributed by atoms with Gasteiger partial charge in [-0.3, -0.25) is 0 Å². The van der Waals surface area contributed by atoms with E-state index < -0.39 is 36.0 Å².